The van der Waals surface area contributed by atoms with E-state index in [2.05, 4.69) is 5.32 Å². The van der Waals surface area contributed by atoms with E-state index in [0.717, 1.165) is 10.6 Å². The van der Waals surface area contributed by atoms with Gasteiger partial charge >= 0.3 is 0 Å². The van der Waals surface area contributed by atoms with Crippen LogP contribution in [-0.4, -0.2) is 33.0 Å². The van der Waals surface area contributed by atoms with E-state index in [9.17, 15) is 18.0 Å². The lowest BCUT2D eigenvalue weighted by Crippen LogP contribution is -2.37. The normalized spacial score (nSPS) is 10.9. The van der Waals surface area contributed by atoms with Crippen molar-refractivity contribution < 1.29 is 22.7 Å². The number of sulfonamides is 1. The molecule has 31 heavy (non-hydrogen) atoms. The van der Waals surface area contributed by atoms with Crippen molar-refractivity contribution in [2.45, 2.75) is 0 Å². The Bertz CT molecular complexity index is 1200. The Morgan fingerprint density at radius 1 is 0.935 bits per heavy atom. The van der Waals surface area contributed by atoms with E-state index < -0.39 is 28.4 Å². The summed E-state index contributed by atoms with van der Waals surface area (Å²) in [6.45, 7) is -0.527. The molecule has 0 aliphatic carbocycles. The number of nitrogens with zero attached hydrogens (tertiary/aromatic N) is 1. The van der Waals surface area contributed by atoms with Gasteiger partial charge in [-0.3, -0.25) is 13.9 Å². The highest BCUT2D eigenvalue weighted by Gasteiger charge is 2.24. The summed E-state index contributed by atoms with van der Waals surface area (Å²) in [6.07, 6.45) is 0.997. The number of rotatable bonds is 8. The number of anilines is 2. The number of carbonyl (C=O) groups excluding carboxylic acids is 2. The second kappa shape index (κ2) is 9.31. The fraction of sp³-hybridized carbons (Fsp3) is 0.0909. The summed E-state index contributed by atoms with van der Waals surface area (Å²) in [4.78, 5) is 24.2. The second-order valence-electron chi connectivity index (χ2n) is 6.61. The molecule has 3 aromatic carbocycles. The Morgan fingerprint density at radius 3 is 2.23 bits per heavy atom. The van der Waals surface area contributed by atoms with Gasteiger partial charge in [0, 0.05) is 0 Å². The van der Waals surface area contributed by atoms with Crippen LogP contribution in [0, 0.1) is 0 Å². The molecule has 0 radical (unpaired) electrons. The number of amides is 2. The first-order valence-electron chi connectivity index (χ1n) is 9.24. The SMILES string of the molecule is CS(=O)(=O)N(CC(=O)Nc1ccccc1C(N)=O)c1ccccc1Oc1ccccc1. The van der Waals surface area contributed by atoms with Gasteiger partial charge in [-0.15, -0.1) is 0 Å². The van der Waals surface area contributed by atoms with E-state index in [-0.39, 0.29) is 22.7 Å². The van der Waals surface area contributed by atoms with Gasteiger partial charge in [0.15, 0.2) is 5.75 Å². The molecule has 9 heteroatoms. The Morgan fingerprint density at radius 2 is 1.55 bits per heavy atom. The topological polar surface area (TPSA) is 119 Å². The number of hydrogen-bond acceptors (Lipinski definition) is 5. The van der Waals surface area contributed by atoms with Crippen LogP contribution in [0.3, 0.4) is 0 Å². The average Bonchev–Trinajstić information content (AvgIpc) is 2.73. The predicted octanol–water partition coefficient (Wildman–Crippen LogP) is 2.98. The molecule has 0 fully saturated rings. The molecule has 2 amide bonds. The summed E-state index contributed by atoms with van der Waals surface area (Å²) in [7, 11) is -3.85. The lowest BCUT2D eigenvalue weighted by atomic mass is 10.1. The molecule has 3 rings (SSSR count). The van der Waals surface area contributed by atoms with E-state index in [1.807, 2.05) is 6.07 Å². The molecule has 3 N–H and O–H groups in total. The quantitative estimate of drug-likeness (QED) is 0.559. The van der Waals surface area contributed by atoms with Crippen LogP contribution in [-0.2, 0) is 14.8 Å². The number of carbonyl (C=O) groups is 2. The van der Waals surface area contributed by atoms with Crippen molar-refractivity contribution in [3.63, 3.8) is 0 Å². The number of hydrogen-bond donors (Lipinski definition) is 2. The van der Waals surface area contributed by atoms with Gasteiger partial charge in [0.1, 0.15) is 12.3 Å². The van der Waals surface area contributed by atoms with Crippen LogP contribution in [0.1, 0.15) is 10.4 Å². The van der Waals surface area contributed by atoms with E-state index >= 15 is 0 Å². The molecule has 0 aliphatic heterocycles. The van der Waals surface area contributed by atoms with Crippen molar-refractivity contribution in [1.29, 1.82) is 0 Å². The maximum absolute atomic E-state index is 12.7. The molecule has 0 saturated carbocycles. The predicted molar refractivity (Wildman–Crippen MR) is 119 cm³/mol. The third kappa shape index (κ3) is 5.61. The molecule has 0 aromatic heterocycles. The van der Waals surface area contributed by atoms with Crippen molar-refractivity contribution in [2.24, 2.45) is 5.73 Å². The fourth-order valence-electron chi connectivity index (χ4n) is 2.87. The van der Waals surface area contributed by atoms with Gasteiger partial charge in [0.2, 0.25) is 15.9 Å². The van der Waals surface area contributed by atoms with Crippen LogP contribution in [0.5, 0.6) is 11.5 Å². The summed E-state index contributed by atoms with van der Waals surface area (Å²) in [5.41, 5.74) is 5.85. The molecule has 0 saturated heterocycles. The zero-order valence-corrected chi connectivity index (χ0v) is 17.5. The van der Waals surface area contributed by atoms with Gasteiger partial charge in [-0.05, 0) is 36.4 Å². The zero-order valence-electron chi connectivity index (χ0n) is 16.7. The molecule has 0 heterocycles. The third-order valence-corrected chi connectivity index (χ3v) is 5.39. The van der Waals surface area contributed by atoms with Gasteiger partial charge < -0.3 is 15.8 Å². The van der Waals surface area contributed by atoms with E-state index in [0.29, 0.717) is 5.75 Å². The minimum Gasteiger partial charge on any atom is -0.455 e. The van der Waals surface area contributed by atoms with Gasteiger partial charge in [-0.2, -0.15) is 0 Å². The number of ether oxygens (including phenoxy) is 1. The minimum absolute atomic E-state index is 0.120. The average molecular weight is 439 g/mol. The van der Waals surface area contributed by atoms with Crippen LogP contribution in [0.15, 0.2) is 78.9 Å². The summed E-state index contributed by atoms with van der Waals surface area (Å²) < 4.78 is 31.8. The van der Waals surface area contributed by atoms with Crippen LogP contribution < -0.4 is 20.1 Å². The van der Waals surface area contributed by atoms with Gasteiger partial charge in [0.25, 0.3) is 5.91 Å². The number of nitrogens with one attached hydrogen (secondary N) is 1. The molecule has 160 valence electrons. The molecule has 0 atom stereocenters. The number of primary amides is 1. The van der Waals surface area contributed by atoms with Gasteiger partial charge in [-0.25, -0.2) is 8.42 Å². The van der Waals surface area contributed by atoms with Gasteiger partial charge in [0.05, 0.1) is 23.2 Å². The van der Waals surface area contributed by atoms with E-state index in [4.69, 9.17) is 10.5 Å². The molecule has 0 aliphatic rings. The highest BCUT2D eigenvalue weighted by molar-refractivity contribution is 7.92. The van der Waals surface area contributed by atoms with Crippen molar-refractivity contribution in [3.8, 4) is 11.5 Å². The Balaban J connectivity index is 1.89. The van der Waals surface area contributed by atoms with Crippen molar-refractivity contribution in [1.82, 2.24) is 0 Å². The highest BCUT2D eigenvalue weighted by atomic mass is 32.2. The lowest BCUT2D eigenvalue weighted by molar-refractivity contribution is -0.114. The van der Waals surface area contributed by atoms with Crippen molar-refractivity contribution in [3.05, 3.63) is 84.4 Å². The summed E-state index contributed by atoms with van der Waals surface area (Å²) in [5.74, 6) is -0.571. The van der Waals surface area contributed by atoms with E-state index in [1.54, 1.807) is 60.7 Å². The highest BCUT2D eigenvalue weighted by Crippen LogP contribution is 2.33. The summed E-state index contributed by atoms with van der Waals surface area (Å²) in [6, 6.07) is 21.6. The van der Waals surface area contributed by atoms with Crippen LogP contribution in [0.2, 0.25) is 0 Å². The minimum atomic E-state index is -3.85. The van der Waals surface area contributed by atoms with Crippen molar-refractivity contribution in [2.75, 3.05) is 22.4 Å². The zero-order chi connectivity index (χ0) is 22.4. The molecule has 3 aromatic rings. The standard InChI is InChI=1S/C22H21N3O5S/c1-31(28,29)25(15-21(26)24-18-12-6-5-11-17(18)22(23)27)19-13-7-8-14-20(19)30-16-9-3-2-4-10-16/h2-14H,15H2,1H3,(H2,23,27)(H,24,26). The first kappa shape index (κ1) is 21.8. The van der Waals surface area contributed by atoms with Gasteiger partial charge in [-0.1, -0.05) is 42.5 Å². The maximum Gasteiger partial charge on any atom is 0.250 e. The summed E-state index contributed by atoms with van der Waals surface area (Å²) in [5, 5.41) is 2.55. The first-order chi connectivity index (χ1) is 14.8. The third-order valence-electron chi connectivity index (χ3n) is 4.26. The molecule has 8 nitrogen and oxygen atoms in total. The molecule has 0 bridgehead atoms. The number of nitrogens with two attached hydrogens (primary N) is 1. The Hall–Kier alpha value is -3.85. The smallest absolute Gasteiger partial charge is 0.250 e. The monoisotopic (exact) mass is 439 g/mol. The van der Waals surface area contributed by atoms with Crippen LogP contribution in [0.25, 0.3) is 0 Å². The number of benzene rings is 3. The van der Waals surface area contributed by atoms with Crippen molar-refractivity contribution >= 4 is 33.2 Å². The largest absolute Gasteiger partial charge is 0.455 e. The summed E-state index contributed by atoms with van der Waals surface area (Å²) >= 11 is 0. The van der Waals surface area contributed by atoms with Crippen LogP contribution in [0.4, 0.5) is 11.4 Å². The van der Waals surface area contributed by atoms with Crippen LogP contribution >= 0.6 is 0 Å². The molecule has 0 unspecified atom stereocenters. The number of para-hydroxylation sites is 4. The maximum atomic E-state index is 12.7. The first-order valence-corrected chi connectivity index (χ1v) is 11.1. The molecular formula is C22H21N3O5S. The van der Waals surface area contributed by atoms with E-state index in [1.165, 1.54) is 12.1 Å². The second-order valence-corrected chi connectivity index (χ2v) is 8.52. The fourth-order valence-corrected chi connectivity index (χ4v) is 3.73. The molecule has 0 spiro atoms. The Kier molecular flexibility index (Phi) is 6.56. The molecular weight excluding hydrogens is 418 g/mol. The Labute approximate surface area is 180 Å². The lowest BCUT2D eigenvalue weighted by Gasteiger charge is -2.24.